The highest BCUT2D eigenvalue weighted by Crippen LogP contribution is 2.22. The van der Waals surface area contributed by atoms with E-state index in [1.165, 1.54) is 0 Å². The lowest BCUT2D eigenvalue weighted by Gasteiger charge is -2.06. The Morgan fingerprint density at radius 3 is 2.60 bits per heavy atom. The predicted molar refractivity (Wildman–Crippen MR) is 79.4 cm³/mol. The lowest BCUT2D eigenvalue weighted by atomic mass is 10.1. The number of aromatic nitrogens is 1. The molecule has 0 unspecified atom stereocenters. The zero-order valence-corrected chi connectivity index (χ0v) is 11.9. The second kappa shape index (κ2) is 6.19. The van der Waals surface area contributed by atoms with E-state index in [2.05, 4.69) is 10.3 Å². The van der Waals surface area contributed by atoms with Crippen molar-refractivity contribution in [3.63, 3.8) is 0 Å². The molecule has 0 aliphatic carbocycles. The number of hydrogen-bond donors (Lipinski definition) is 1. The Labute approximate surface area is 118 Å². The van der Waals surface area contributed by atoms with Gasteiger partial charge in [0.05, 0.1) is 6.20 Å². The SMILES string of the molecule is CC/C=C(\C)C(=O)Nc1ccc(-c2cnc(C)o2)cc1. The zero-order chi connectivity index (χ0) is 14.5. The third-order valence-corrected chi connectivity index (χ3v) is 2.92. The fourth-order valence-electron chi connectivity index (χ4n) is 1.84. The molecule has 0 bridgehead atoms. The van der Waals surface area contributed by atoms with Gasteiger partial charge < -0.3 is 9.73 Å². The fraction of sp³-hybridized carbons (Fsp3) is 0.250. The second-order valence-electron chi connectivity index (χ2n) is 4.57. The van der Waals surface area contributed by atoms with Crippen LogP contribution in [0.3, 0.4) is 0 Å². The molecule has 0 spiro atoms. The molecule has 1 aromatic carbocycles. The van der Waals surface area contributed by atoms with E-state index in [4.69, 9.17) is 4.42 Å². The Balaban J connectivity index is 2.09. The summed E-state index contributed by atoms with van der Waals surface area (Å²) in [7, 11) is 0. The van der Waals surface area contributed by atoms with Crippen molar-refractivity contribution in [2.24, 2.45) is 0 Å². The first kappa shape index (κ1) is 14.1. The number of anilines is 1. The summed E-state index contributed by atoms with van der Waals surface area (Å²) in [5, 5.41) is 2.86. The standard InChI is InChI=1S/C16H18N2O2/c1-4-5-11(2)16(19)18-14-8-6-13(7-9-14)15-10-17-12(3)20-15/h5-10H,4H2,1-3H3,(H,18,19)/b11-5+. The van der Waals surface area contributed by atoms with Crippen LogP contribution in [0.2, 0.25) is 0 Å². The van der Waals surface area contributed by atoms with Gasteiger partial charge in [-0.3, -0.25) is 4.79 Å². The average molecular weight is 270 g/mol. The lowest BCUT2D eigenvalue weighted by molar-refractivity contribution is -0.112. The number of benzene rings is 1. The summed E-state index contributed by atoms with van der Waals surface area (Å²) >= 11 is 0. The van der Waals surface area contributed by atoms with E-state index in [9.17, 15) is 4.79 Å². The van der Waals surface area contributed by atoms with Gasteiger partial charge >= 0.3 is 0 Å². The monoisotopic (exact) mass is 270 g/mol. The summed E-state index contributed by atoms with van der Waals surface area (Å²) in [6, 6.07) is 7.50. The topological polar surface area (TPSA) is 55.1 Å². The molecule has 0 radical (unpaired) electrons. The minimum Gasteiger partial charge on any atom is -0.441 e. The largest absolute Gasteiger partial charge is 0.441 e. The molecule has 1 amide bonds. The maximum absolute atomic E-state index is 11.9. The van der Waals surface area contributed by atoms with Gasteiger partial charge in [0.15, 0.2) is 11.7 Å². The average Bonchev–Trinajstić information content (AvgIpc) is 2.86. The van der Waals surface area contributed by atoms with E-state index < -0.39 is 0 Å². The summed E-state index contributed by atoms with van der Waals surface area (Å²) in [6.45, 7) is 5.62. The van der Waals surface area contributed by atoms with Crippen molar-refractivity contribution in [3.8, 4) is 11.3 Å². The summed E-state index contributed by atoms with van der Waals surface area (Å²) in [5.41, 5.74) is 2.42. The molecule has 0 aliphatic heterocycles. The molecule has 1 N–H and O–H groups in total. The molecule has 1 aromatic heterocycles. The van der Waals surface area contributed by atoms with Crippen molar-refractivity contribution >= 4 is 11.6 Å². The molecule has 0 fully saturated rings. The van der Waals surface area contributed by atoms with Crippen LogP contribution in [0, 0.1) is 6.92 Å². The van der Waals surface area contributed by atoms with Crippen LogP contribution in [0.4, 0.5) is 5.69 Å². The van der Waals surface area contributed by atoms with Gasteiger partial charge in [0, 0.05) is 23.7 Å². The molecule has 104 valence electrons. The Morgan fingerprint density at radius 1 is 1.35 bits per heavy atom. The maximum atomic E-state index is 11.9. The third-order valence-electron chi connectivity index (χ3n) is 2.92. The maximum Gasteiger partial charge on any atom is 0.250 e. The first-order valence-electron chi connectivity index (χ1n) is 6.61. The highest BCUT2D eigenvalue weighted by atomic mass is 16.4. The van der Waals surface area contributed by atoms with Crippen LogP contribution in [0.25, 0.3) is 11.3 Å². The van der Waals surface area contributed by atoms with Gasteiger partial charge in [0.1, 0.15) is 0 Å². The Bertz CT molecular complexity index is 624. The van der Waals surface area contributed by atoms with Crippen LogP contribution in [-0.2, 0) is 4.79 Å². The summed E-state index contributed by atoms with van der Waals surface area (Å²) in [5.74, 6) is 1.29. The number of carbonyl (C=O) groups is 1. The van der Waals surface area contributed by atoms with Crippen LogP contribution in [-0.4, -0.2) is 10.9 Å². The normalized spacial score (nSPS) is 11.4. The second-order valence-corrected chi connectivity index (χ2v) is 4.57. The van der Waals surface area contributed by atoms with Crippen molar-refractivity contribution in [3.05, 3.63) is 48.0 Å². The van der Waals surface area contributed by atoms with Gasteiger partial charge in [0.2, 0.25) is 0 Å². The summed E-state index contributed by atoms with van der Waals surface area (Å²) in [4.78, 5) is 15.9. The quantitative estimate of drug-likeness (QED) is 0.856. The van der Waals surface area contributed by atoms with Gasteiger partial charge in [-0.05, 0) is 37.6 Å². The lowest BCUT2D eigenvalue weighted by Crippen LogP contribution is -2.12. The number of allylic oxidation sites excluding steroid dienone is 1. The van der Waals surface area contributed by atoms with Crippen molar-refractivity contribution < 1.29 is 9.21 Å². The molecule has 2 rings (SSSR count). The number of amides is 1. The van der Waals surface area contributed by atoms with Crippen LogP contribution in [0.15, 0.2) is 46.5 Å². The molecule has 1 heterocycles. The van der Waals surface area contributed by atoms with E-state index >= 15 is 0 Å². The first-order valence-corrected chi connectivity index (χ1v) is 6.61. The molecule has 0 aliphatic rings. The number of nitrogens with zero attached hydrogens (tertiary/aromatic N) is 1. The Kier molecular flexibility index (Phi) is 4.35. The third kappa shape index (κ3) is 3.35. The van der Waals surface area contributed by atoms with Crippen molar-refractivity contribution in [1.82, 2.24) is 4.98 Å². The van der Waals surface area contributed by atoms with Gasteiger partial charge in [-0.2, -0.15) is 0 Å². The summed E-state index contributed by atoms with van der Waals surface area (Å²) in [6.07, 6.45) is 4.45. The minimum atomic E-state index is -0.0740. The highest BCUT2D eigenvalue weighted by molar-refractivity contribution is 6.03. The number of nitrogens with one attached hydrogen (secondary N) is 1. The number of aryl methyl sites for hydroxylation is 1. The predicted octanol–water partition coefficient (Wildman–Crippen LogP) is 3.94. The molecule has 0 atom stereocenters. The zero-order valence-electron chi connectivity index (χ0n) is 11.9. The van der Waals surface area contributed by atoms with Gasteiger partial charge in [-0.15, -0.1) is 0 Å². The number of carbonyl (C=O) groups excluding carboxylic acids is 1. The summed E-state index contributed by atoms with van der Waals surface area (Å²) < 4.78 is 5.45. The van der Waals surface area contributed by atoms with Crippen molar-refractivity contribution in [2.45, 2.75) is 27.2 Å². The van der Waals surface area contributed by atoms with E-state index in [1.54, 1.807) is 13.1 Å². The van der Waals surface area contributed by atoms with Crippen molar-refractivity contribution in [1.29, 1.82) is 0 Å². The van der Waals surface area contributed by atoms with Crippen LogP contribution in [0.5, 0.6) is 0 Å². The first-order chi connectivity index (χ1) is 9.60. The number of rotatable bonds is 4. The minimum absolute atomic E-state index is 0.0740. The highest BCUT2D eigenvalue weighted by Gasteiger charge is 2.06. The van der Waals surface area contributed by atoms with Gasteiger partial charge in [-0.1, -0.05) is 13.0 Å². The molecule has 20 heavy (non-hydrogen) atoms. The van der Waals surface area contributed by atoms with E-state index in [-0.39, 0.29) is 5.91 Å². The Hall–Kier alpha value is -2.36. The van der Waals surface area contributed by atoms with Crippen molar-refractivity contribution in [2.75, 3.05) is 5.32 Å². The molecule has 4 nitrogen and oxygen atoms in total. The van der Waals surface area contributed by atoms with E-state index in [1.807, 2.05) is 44.2 Å². The molecule has 4 heteroatoms. The molecular formula is C16H18N2O2. The molecule has 2 aromatic rings. The van der Waals surface area contributed by atoms with Gasteiger partial charge in [0.25, 0.3) is 5.91 Å². The number of hydrogen-bond acceptors (Lipinski definition) is 3. The molecule has 0 saturated heterocycles. The van der Waals surface area contributed by atoms with Gasteiger partial charge in [-0.25, -0.2) is 4.98 Å². The Morgan fingerprint density at radius 2 is 2.05 bits per heavy atom. The van der Waals surface area contributed by atoms with E-state index in [0.29, 0.717) is 5.89 Å². The number of oxazole rings is 1. The smallest absolute Gasteiger partial charge is 0.250 e. The molecule has 0 saturated carbocycles. The molecular weight excluding hydrogens is 252 g/mol. The van der Waals surface area contributed by atoms with Crippen LogP contribution in [0.1, 0.15) is 26.2 Å². The fourth-order valence-corrected chi connectivity index (χ4v) is 1.84. The van der Waals surface area contributed by atoms with Crippen LogP contribution < -0.4 is 5.32 Å². The van der Waals surface area contributed by atoms with Crippen LogP contribution >= 0.6 is 0 Å². The van der Waals surface area contributed by atoms with E-state index in [0.717, 1.165) is 29.0 Å².